The van der Waals surface area contributed by atoms with Crippen molar-refractivity contribution in [2.75, 3.05) is 0 Å². The lowest BCUT2D eigenvalue weighted by molar-refractivity contribution is -0.00504. The lowest BCUT2D eigenvalue weighted by Crippen LogP contribution is -2.48. The van der Waals surface area contributed by atoms with Crippen LogP contribution >= 0.6 is 0 Å². The number of aromatic nitrogens is 1. The molecule has 0 N–H and O–H groups in total. The SMILES string of the molecule is c1ccc(-c2c3cccc4c5ccccc5c(c34)c3c4ccc5c6ccc7c8c(-c9ccccc9C9%10CC%11CC(CC(C%11)C9)C%10)c9c%10ccc(-n%11c%12ccccc%12c%12ccccc%12%11)c%11cccc(c9c(-c9ccccc9C9%12CC%13CC(CC(C%13)C9)C%12)c8c8ccc(c9ccc(c23)c4c95)c6c87)c%11%10)cc1. The minimum atomic E-state index is 0.150. The molecule has 8 saturated carbocycles. The Morgan fingerprint density at radius 3 is 1.03 bits per heavy atom. The molecule has 484 valence electrons. The van der Waals surface area contributed by atoms with Crippen molar-refractivity contribution in [1.29, 1.82) is 0 Å². The van der Waals surface area contributed by atoms with Crippen molar-refractivity contribution in [1.82, 2.24) is 4.57 Å². The number of hydrogen-bond donors (Lipinski definition) is 0. The van der Waals surface area contributed by atoms with Crippen molar-refractivity contribution in [2.24, 2.45) is 35.5 Å². The summed E-state index contributed by atoms with van der Waals surface area (Å²) < 4.78 is 2.59. The number of fused-ring (bicyclic) bond motifs is 18. The van der Waals surface area contributed by atoms with Crippen molar-refractivity contribution >= 4 is 173 Å². The Bertz CT molecular complexity index is 7040. The summed E-state index contributed by atoms with van der Waals surface area (Å²) in [6.07, 6.45) is 16.4. The second-order valence-electron chi connectivity index (χ2n) is 34.2. The first-order chi connectivity index (χ1) is 51.0. The van der Waals surface area contributed by atoms with E-state index in [-0.39, 0.29) is 10.8 Å². The van der Waals surface area contributed by atoms with Crippen molar-refractivity contribution < 1.29 is 0 Å². The van der Waals surface area contributed by atoms with E-state index in [1.807, 2.05) is 0 Å². The van der Waals surface area contributed by atoms with E-state index in [2.05, 4.69) is 253 Å². The zero-order valence-corrected chi connectivity index (χ0v) is 57.6. The molecule has 8 aliphatic carbocycles. The maximum absolute atomic E-state index is 2.65. The molecule has 29 rings (SSSR count). The van der Waals surface area contributed by atoms with Gasteiger partial charge in [0.15, 0.2) is 0 Å². The average Bonchev–Trinajstić information content (AvgIpc) is 1.56. The zero-order chi connectivity index (χ0) is 66.2. The van der Waals surface area contributed by atoms with Gasteiger partial charge in [0, 0.05) is 16.2 Å². The smallest absolute Gasteiger partial charge is 0.0541 e. The molecule has 0 unspecified atom stereocenters. The van der Waals surface area contributed by atoms with Crippen LogP contribution in [0.5, 0.6) is 0 Å². The molecule has 103 heavy (non-hydrogen) atoms. The fraction of sp³-hybridized carbons (Fsp3) is 0.196. The van der Waals surface area contributed by atoms with Gasteiger partial charge >= 0.3 is 0 Å². The van der Waals surface area contributed by atoms with Crippen LogP contribution in [0, 0.1) is 35.5 Å². The van der Waals surface area contributed by atoms with Gasteiger partial charge in [-0.2, -0.15) is 0 Å². The lowest BCUT2D eigenvalue weighted by Gasteiger charge is -2.57. The van der Waals surface area contributed by atoms with E-state index in [4.69, 9.17) is 0 Å². The molecule has 8 bridgehead atoms. The van der Waals surface area contributed by atoms with Gasteiger partial charge < -0.3 is 4.57 Å². The van der Waals surface area contributed by atoms with E-state index < -0.39 is 0 Å². The fourth-order valence-corrected chi connectivity index (χ4v) is 26.9. The highest BCUT2D eigenvalue weighted by Crippen LogP contribution is 2.67. The first kappa shape index (κ1) is 54.8. The van der Waals surface area contributed by atoms with Gasteiger partial charge in [-0.3, -0.25) is 0 Å². The van der Waals surface area contributed by atoms with Crippen LogP contribution in [-0.4, -0.2) is 4.57 Å². The molecule has 20 aromatic carbocycles. The lowest BCUT2D eigenvalue weighted by atomic mass is 9.47. The molecule has 8 fully saturated rings. The molecule has 1 heterocycles. The summed E-state index contributed by atoms with van der Waals surface area (Å²) in [6, 6.07) is 99.5. The third-order valence-electron chi connectivity index (χ3n) is 29.4. The highest BCUT2D eigenvalue weighted by molar-refractivity contribution is 6.54. The van der Waals surface area contributed by atoms with Crippen LogP contribution < -0.4 is 0 Å². The third-order valence-corrected chi connectivity index (χ3v) is 29.4. The largest absolute Gasteiger partial charge is 0.309 e. The van der Waals surface area contributed by atoms with Crippen LogP contribution in [0.4, 0.5) is 0 Å². The molecular weight excluding hydrogens is 1240 g/mol. The molecule has 0 amide bonds. The van der Waals surface area contributed by atoms with E-state index in [0.717, 1.165) is 35.5 Å². The molecular formula is C102H71N. The first-order valence-corrected chi connectivity index (χ1v) is 39.0. The van der Waals surface area contributed by atoms with Crippen molar-refractivity contribution in [3.05, 3.63) is 260 Å². The summed E-state index contributed by atoms with van der Waals surface area (Å²) in [5.74, 6) is 4.88. The van der Waals surface area contributed by atoms with Crippen LogP contribution in [0.2, 0.25) is 0 Å². The summed E-state index contributed by atoms with van der Waals surface area (Å²) in [5, 5.41) is 41.6. The Balaban J connectivity index is 0.825. The minimum absolute atomic E-state index is 0.150. The topological polar surface area (TPSA) is 4.93 Å². The van der Waals surface area contributed by atoms with Gasteiger partial charge in [-0.05, 0) is 332 Å². The standard InChI is InChI=1S/C102H71N/c1-2-16-60(17-3-1)85-73-26-14-24-64-61-18-4-5-21-65(61)92(89(64)73)98-77-37-33-67-69-35-39-79-91-78(38-34-68(88(69)91)66-32-36-76(95(85)98)90(77)87(66)67)99-93(70-22-6-10-28-80(70)101-48-54-42-55(49-101)44-56(43-54)50-101)96-74-27-15-25-72-84(103-82-30-12-8-19-62(82)63-20-9-13-31-83(63)103)41-40-75(86(72)74)97(96)94(100(79)99)71-23-7-11-29-81(71)102-51-57-45-58(52-102)47-59(46-57)53-102/h1-41,54-59H,42-53H2. The first-order valence-electron chi connectivity index (χ1n) is 39.0. The highest BCUT2D eigenvalue weighted by Gasteiger charge is 2.54. The Hall–Kier alpha value is -10.9. The van der Waals surface area contributed by atoms with Crippen molar-refractivity contribution in [2.45, 2.75) is 87.9 Å². The summed E-state index contributed by atoms with van der Waals surface area (Å²) in [7, 11) is 0. The van der Waals surface area contributed by atoms with E-state index in [1.165, 1.54) is 289 Å². The number of benzene rings is 16. The Kier molecular flexibility index (Phi) is 10.0. The minimum Gasteiger partial charge on any atom is -0.309 e. The van der Waals surface area contributed by atoms with E-state index in [1.54, 1.807) is 11.1 Å². The molecule has 0 atom stereocenters. The zero-order valence-electron chi connectivity index (χ0n) is 57.6. The Labute approximate surface area is 595 Å². The second-order valence-corrected chi connectivity index (χ2v) is 34.2. The summed E-state index contributed by atoms with van der Waals surface area (Å²) in [6.45, 7) is 0. The molecule has 0 aliphatic heterocycles. The molecule has 1 heteroatoms. The van der Waals surface area contributed by atoms with Crippen molar-refractivity contribution in [3.8, 4) is 39.1 Å². The monoisotopic (exact) mass is 1310 g/mol. The van der Waals surface area contributed by atoms with Gasteiger partial charge in [-0.15, -0.1) is 0 Å². The van der Waals surface area contributed by atoms with Gasteiger partial charge in [-0.25, -0.2) is 0 Å². The molecule has 0 spiro atoms. The van der Waals surface area contributed by atoms with Gasteiger partial charge in [0.2, 0.25) is 0 Å². The van der Waals surface area contributed by atoms with Crippen LogP contribution in [0.1, 0.15) is 88.2 Å². The van der Waals surface area contributed by atoms with Gasteiger partial charge in [0.25, 0.3) is 0 Å². The average molecular weight is 1310 g/mol. The van der Waals surface area contributed by atoms with Crippen LogP contribution in [0.3, 0.4) is 0 Å². The Morgan fingerprint density at radius 2 is 0.515 bits per heavy atom. The normalized spacial score (nSPS) is 23.3. The molecule has 21 aromatic rings. The second kappa shape index (κ2) is 18.9. The van der Waals surface area contributed by atoms with Crippen LogP contribution in [-0.2, 0) is 10.8 Å². The van der Waals surface area contributed by atoms with E-state index >= 15 is 0 Å². The van der Waals surface area contributed by atoms with Gasteiger partial charge in [-0.1, -0.05) is 231 Å². The predicted octanol–water partition coefficient (Wildman–Crippen LogP) is 28.1. The summed E-state index contributed by atoms with van der Waals surface area (Å²) >= 11 is 0. The van der Waals surface area contributed by atoms with E-state index in [9.17, 15) is 0 Å². The fourth-order valence-electron chi connectivity index (χ4n) is 26.9. The molecule has 8 aliphatic rings. The predicted molar refractivity (Wildman–Crippen MR) is 438 cm³/mol. The molecule has 1 aromatic heterocycles. The van der Waals surface area contributed by atoms with E-state index in [0.29, 0.717) is 0 Å². The van der Waals surface area contributed by atoms with Gasteiger partial charge in [0.05, 0.1) is 16.7 Å². The summed E-state index contributed by atoms with van der Waals surface area (Å²) in [4.78, 5) is 0. The maximum atomic E-state index is 2.65. The van der Waals surface area contributed by atoms with Crippen LogP contribution in [0.15, 0.2) is 249 Å². The number of hydrogen-bond acceptors (Lipinski definition) is 0. The number of rotatable bonds is 6. The molecule has 0 saturated heterocycles. The number of para-hydroxylation sites is 2. The van der Waals surface area contributed by atoms with Gasteiger partial charge in [0.1, 0.15) is 0 Å². The summed E-state index contributed by atoms with van der Waals surface area (Å²) in [5.41, 5.74) is 15.9. The third kappa shape index (κ3) is 6.60. The molecule has 1 nitrogen and oxygen atoms in total. The Morgan fingerprint density at radius 1 is 0.204 bits per heavy atom. The van der Waals surface area contributed by atoms with Crippen LogP contribution in [0.25, 0.3) is 212 Å². The quantitative estimate of drug-likeness (QED) is 0.116. The number of nitrogens with zero attached hydrogens (tertiary/aromatic N) is 1. The van der Waals surface area contributed by atoms with Crippen molar-refractivity contribution in [3.63, 3.8) is 0 Å². The maximum Gasteiger partial charge on any atom is 0.0541 e. The highest BCUT2D eigenvalue weighted by atomic mass is 15.0. The molecule has 0 radical (unpaired) electrons.